The average Bonchev–Trinajstić information content (AvgIpc) is 2.66. The van der Waals surface area contributed by atoms with Crippen molar-refractivity contribution in [2.45, 2.75) is 51.5 Å². The highest BCUT2D eigenvalue weighted by Gasteiger charge is 2.23. The van der Waals surface area contributed by atoms with Gasteiger partial charge in [0, 0.05) is 24.8 Å². The fraction of sp³-hybridized carbons (Fsp3) is 0.478. The molecule has 5 nitrogen and oxygen atoms in total. The zero-order chi connectivity index (χ0) is 21.2. The van der Waals surface area contributed by atoms with Gasteiger partial charge in [0.15, 0.2) is 0 Å². The summed E-state index contributed by atoms with van der Waals surface area (Å²) in [4.78, 5) is 2.74. The molecule has 1 N–H and O–H groups in total. The summed E-state index contributed by atoms with van der Waals surface area (Å²) in [7, 11) is -2.07. The highest BCUT2D eigenvalue weighted by Crippen LogP contribution is 2.28. The molecule has 1 aliphatic heterocycles. The number of piperidine rings is 1. The van der Waals surface area contributed by atoms with Gasteiger partial charge in [0.2, 0.25) is 10.0 Å². The minimum Gasteiger partial charge on any atom is -0.497 e. The second kappa shape index (κ2) is 8.76. The first-order valence-electron chi connectivity index (χ1n) is 10.2. The second-order valence-electron chi connectivity index (χ2n) is 8.22. The Bertz CT molecular complexity index is 932. The van der Waals surface area contributed by atoms with Crippen LogP contribution in [0.2, 0.25) is 0 Å². The zero-order valence-electron chi connectivity index (χ0n) is 18.0. The van der Waals surface area contributed by atoms with Crippen LogP contribution >= 0.6 is 0 Å². The van der Waals surface area contributed by atoms with E-state index in [9.17, 15) is 8.42 Å². The molecule has 2 aromatic rings. The van der Waals surface area contributed by atoms with Crippen LogP contribution in [0, 0.1) is 19.8 Å². The lowest BCUT2D eigenvalue weighted by atomic mass is 9.99. The molecule has 3 rings (SSSR count). The van der Waals surface area contributed by atoms with Gasteiger partial charge in [-0.2, -0.15) is 0 Å². The molecule has 158 valence electrons. The normalized spacial score (nSPS) is 18.5. The molecule has 2 aromatic carbocycles. The van der Waals surface area contributed by atoms with Crippen molar-refractivity contribution in [2.24, 2.45) is 5.92 Å². The summed E-state index contributed by atoms with van der Waals surface area (Å²) in [6.07, 6.45) is 2.51. The van der Waals surface area contributed by atoms with E-state index in [4.69, 9.17) is 4.74 Å². The van der Waals surface area contributed by atoms with Gasteiger partial charge in [0.05, 0.1) is 12.0 Å². The summed E-state index contributed by atoms with van der Waals surface area (Å²) in [5.74, 6) is 1.37. The molecule has 0 saturated carbocycles. The lowest BCUT2D eigenvalue weighted by Crippen LogP contribution is -2.34. The lowest BCUT2D eigenvalue weighted by Gasteiger charge is -2.33. The second-order valence-corrected chi connectivity index (χ2v) is 9.87. The van der Waals surface area contributed by atoms with Crippen molar-refractivity contribution in [3.63, 3.8) is 0 Å². The summed E-state index contributed by atoms with van der Waals surface area (Å²) < 4.78 is 34.2. The van der Waals surface area contributed by atoms with Crippen molar-refractivity contribution >= 4 is 15.7 Å². The Balaban J connectivity index is 1.76. The molecule has 6 heteroatoms. The number of sulfonamides is 1. The number of aryl methyl sites for hydroxylation is 2. The van der Waals surface area contributed by atoms with Gasteiger partial charge in [0.1, 0.15) is 5.75 Å². The third-order valence-corrected chi connectivity index (χ3v) is 7.53. The van der Waals surface area contributed by atoms with Crippen LogP contribution in [0.5, 0.6) is 5.75 Å². The maximum Gasteiger partial charge on any atom is 0.241 e. The van der Waals surface area contributed by atoms with Crippen molar-refractivity contribution < 1.29 is 13.2 Å². The molecule has 0 bridgehead atoms. The Hall–Kier alpha value is -2.05. The molecular formula is C23H32N2O3S. The highest BCUT2D eigenvalue weighted by molar-refractivity contribution is 7.89. The molecule has 2 atom stereocenters. The summed E-state index contributed by atoms with van der Waals surface area (Å²) in [6.45, 7) is 9.93. The number of hydrogen-bond donors (Lipinski definition) is 1. The van der Waals surface area contributed by atoms with Gasteiger partial charge in [-0.1, -0.05) is 19.1 Å². The molecule has 0 spiro atoms. The van der Waals surface area contributed by atoms with Crippen molar-refractivity contribution in [1.29, 1.82) is 0 Å². The molecule has 1 heterocycles. The molecule has 0 radical (unpaired) electrons. The highest BCUT2D eigenvalue weighted by atomic mass is 32.2. The molecule has 0 aromatic heterocycles. The molecule has 0 unspecified atom stereocenters. The molecule has 0 aliphatic carbocycles. The predicted octanol–water partition coefficient (Wildman–Crippen LogP) is 4.59. The van der Waals surface area contributed by atoms with E-state index in [0.717, 1.165) is 18.7 Å². The van der Waals surface area contributed by atoms with E-state index in [-0.39, 0.29) is 6.04 Å². The Morgan fingerprint density at radius 2 is 1.76 bits per heavy atom. The summed E-state index contributed by atoms with van der Waals surface area (Å²) >= 11 is 0. The zero-order valence-corrected chi connectivity index (χ0v) is 18.8. The van der Waals surface area contributed by atoms with Gasteiger partial charge >= 0.3 is 0 Å². The number of hydrogen-bond acceptors (Lipinski definition) is 4. The van der Waals surface area contributed by atoms with E-state index in [1.807, 2.05) is 19.1 Å². The fourth-order valence-corrected chi connectivity index (χ4v) is 5.89. The molecular weight excluding hydrogens is 384 g/mol. The number of ether oxygens (including phenoxy) is 1. The van der Waals surface area contributed by atoms with Gasteiger partial charge in [0.25, 0.3) is 0 Å². The molecule has 1 aliphatic rings. The largest absolute Gasteiger partial charge is 0.497 e. The number of rotatable bonds is 6. The first-order valence-corrected chi connectivity index (χ1v) is 11.7. The maximum absolute atomic E-state index is 13.0. The lowest BCUT2D eigenvalue weighted by molar-refractivity contribution is 0.413. The smallest absolute Gasteiger partial charge is 0.241 e. The Kier molecular flexibility index (Phi) is 6.54. The number of nitrogens with one attached hydrogen (secondary N) is 1. The predicted molar refractivity (Wildman–Crippen MR) is 118 cm³/mol. The van der Waals surface area contributed by atoms with E-state index in [1.165, 1.54) is 18.5 Å². The van der Waals surface area contributed by atoms with Crippen LogP contribution in [0.1, 0.15) is 49.4 Å². The monoisotopic (exact) mass is 416 g/mol. The third-order valence-electron chi connectivity index (χ3n) is 5.69. The molecule has 29 heavy (non-hydrogen) atoms. The average molecular weight is 417 g/mol. The van der Waals surface area contributed by atoms with Gasteiger partial charge < -0.3 is 9.64 Å². The van der Waals surface area contributed by atoms with Crippen LogP contribution in [0.25, 0.3) is 0 Å². The van der Waals surface area contributed by atoms with Gasteiger partial charge in [-0.15, -0.1) is 0 Å². The van der Waals surface area contributed by atoms with Crippen LogP contribution in [0.4, 0.5) is 5.69 Å². The number of nitrogens with zero attached hydrogens (tertiary/aromatic N) is 1. The summed E-state index contributed by atoms with van der Waals surface area (Å²) in [5, 5.41) is 0. The maximum atomic E-state index is 13.0. The van der Waals surface area contributed by atoms with Gasteiger partial charge in [-0.3, -0.25) is 0 Å². The quantitative estimate of drug-likeness (QED) is 0.748. The standard InChI is InChI=1S/C23H32N2O3S/c1-16-7-6-12-25(15-16)21-10-8-20(9-11-21)19(4)24-29(26,27)23-17(2)13-22(28-5)14-18(23)3/h8-11,13-14,16,19,24H,6-7,12,15H2,1-5H3/t16-,19+/m0/s1. The summed E-state index contributed by atoms with van der Waals surface area (Å²) in [6, 6.07) is 11.4. The van der Waals surface area contributed by atoms with Crippen LogP contribution in [0.3, 0.4) is 0 Å². The molecule has 1 fully saturated rings. The minimum absolute atomic E-state index is 0.323. The van der Waals surface area contributed by atoms with E-state index in [0.29, 0.717) is 27.7 Å². The first-order chi connectivity index (χ1) is 13.7. The Labute approximate surface area is 175 Å². The van der Waals surface area contributed by atoms with E-state index in [1.54, 1.807) is 33.1 Å². The van der Waals surface area contributed by atoms with Crippen molar-refractivity contribution in [3.8, 4) is 5.75 Å². The van der Waals surface area contributed by atoms with Crippen molar-refractivity contribution in [3.05, 3.63) is 53.1 Å². The van der Waals surface area contributed by atoms with Crippen LogP contribution < -0.4 is 14.4 Å². The van der Waals surface area contributed by atoms with Gasteiger partial charge in [-0.25, -0.2) is 13.1 Å². The van der Waals surface area contributed by atoms with Crippen molar-refractivity contribution in [2.75, 3.05) is 25.1 Å². The van der Waals surface area contributed by atoms with Crippen LogP contribution in [-0.4, -0.2) is 28.6 Å². The van der Waals surface area contributed by atoms with E-state index in [2.05, 4.69) is 28.7 Å². The van der Waals surface area contributed by atoms with E-state index >= 15 is 0 Å². The van der Waals surface area contributed by atoms with Crippen LogP contribution in [-0.2, 0) is 10.0 Å². The molecule has 0 amide bonds. The third kappa shape index (κ3) is 4.93. The number of anilines is 1. The van der Waals surface area contributed by atoms with Crippen LogP contribution in [0.15, 0.2) is 41.3 Å². The number of methoxy groups -OCH3 is 1. The fourth-order valence-electron chi connectivity index (χ4n) is 4.21. The summed E-state index contributed by atoms with van der Waals surface area (Å²) in [5.41, 5.74) is 3.51. The first kappa shape index (κ1) is 21.7. The van der Waals surface area contributed by atoms with Gasteiger partial charge in [-0.05, 0) is 80.5 Å². The minimum atomic E-state index is -3.65. The Morgan fingerprint density at radius 3 is 2.31 bits per heavy atom. The Morgan fingerprint density at radius 1 is 1.14 bits per heavy atom. The number of benzene rings is 2. The topological polar surface area (TPSA) is 58.6 Å². The SMILES string of the molecule is COc1cc(C)c(S(=O)(=O)N[C@H](C)c2ccc(N3CCC[C@H](C)C3)cc2)c(C)c1. The van der Waals surface area contributed by atoms with Crippen molar-refractivity contribution in [1.82, 2.24) is 4.72 Å². The molecule has 1 saturated heterocycles. The van der Waals surface area contributed by atoms with E-state index < -0.39 is 10.0 Å².